The van der Waals surface area contributed by atoms with Crippen molar-refractivity contribution in [1.29, 1.82) is 0 Å². The monoisotopic (exact) mass is 438 g/mol. The Balaban J connectivity index is 1.37. The van der Waals surface area contributed by atoms with Gasteiger partial charge in [0.25, 0.3) is 0 Å². The van der Waals surface area contributed by atoms with E-state index in [1.54, 1.807) is 17.0 Å². The molecule has 2 fully saturated rings. The van der Waals surface area contributed by atoms with Gasteiger partial charge >= 0.3 is 6.03 Å². The average Bonchev–Trinajstić information content (AvgIpc) is 3.32. The minimum atomic E-state index is -0.335. The predicted molar refractivity (Wildman–Crippen MR) is 124 cm³/mol. The van der Waals surface area contributed by atoms with Crippen molar-refractivity contribution < 1.29 is 14.0 Å². The van der Waals surface area contributed by atoms with E-state index < -0.39 is 0 Å². The molecule has 0 spiro atoms. The predicted octanol–water partition coefficient (Wildman–Crippen LogP) is 4.48. The number of anilines is 2. The lowest BCUT2D eigenvalue weighted by Crippen LogP contribution is -2.57. The van der Waals surface area contributed by atoms with Crippen molar-refractivity contribution in [2.75, 3.05) is 36.8 Å². The van der Waals surface area contributed by atoms with Gasteiger partial charge in [0.1, 0.15) is 5.82 Å². The van der Waals surface area contributed by atoms with Crippen LogP contribution in [0.3, 0.4) is 0 Å². The van der Waals surface area contributed by atoms with Crippen LogP contribution in [0.15, 0.2) is 48.5 Å². The molecule has 1 atom stereocenters. The molecule has 7 heteroatoms. The second kappa shape index (κ2) is 10.1. The average molecular weight is 439 g/mol. The van der Waals surface area contributed by atoms with E-state index in [0.717, 1.165) is 24.1 Å². The molecule has 4 rings (SSSR count). The van der Waals surface area contributed by atoms with Gasteiger partial charge in [0.2, 0.25) is 5.91 Å². The van der Waals surface area contributed by atoms with E-state index >= 15 is 0 Å². The third-order valence-electron chi connectivity index (χ3n) is 6.52. The quantitative estimate of drug-likeness (QED) is 0.723. The summed E-state index contributed by atoms with van der Waals surface area (Å²) in [7, 11) is 0. The van der Waals surface area contributed by atoms with Gasteiger partial charge in [0, 0.05) is 37.6 Å². The van der Waals surface area contributed by atoms with Crippen molar-refractivity contribution >= 4 is 23.3 Å². The lowest BCUT2D eigenvalue weighted by molar-refractivity contribution is -0.123. The molecule has 6 nitrogen and oxygen atoms in total. The van der Waals surface area contributed by atoms with Gasteiger partial charge in [-0.3, -0.25) is 9.69 Å². The van der Waals surface area contributed by atoms with E-state index in [1.807, 2.05) is 31.2 Å². The van der Waals surface area contributed by atoms with Crippen LogP contribution >= 0.6 is 0 Å². The van der Waals surface area contributed by atoms with Gasteiger partial charge in [-0.25, -0.2) is 9.18 Å². The Morgan fingerprint density at radius 1 is 0.875 bits per heavy atom. The third-order valence-corrected chi connectivity index (χ3v) is 6.52. The molecular weight excluding hydrogens is 407 g/mol. The van der Waals surface area contributed by atoms with Gasteiger partial charge in [0.05, 0.1) is 6.04 Å². The molecule has 1 saturated heterocycles. The number of aryl methyl sites for hydroxylation is 1. The Bertz CT molecular complexity index is 918. The van der Waals surface area contributed by atoms with Gasteiger partial charge in [0.15, 0.2) is 0 Å². The highest BCUT2D eigenvalue weighted by Crippen LogP contribution is 2.31. The first kappa shape index (κ1) is 22.3. The number of halogens is 1. The zero-order chi connectivity index (χ0) is 22.5. The van der Waals surface area contributed by atoms with Gasteiger partial charge in [-0.2, -0.15) is 0 Å². The van der Waals surface area contributed by atoms with Crippen LogP contribution < -0.4 is 10.6 Å². The molecule has 0 aromatic heterocycles. The number of rotatable bonds is 5. The fraction of sp³-hybridized carbons (Fsp3) is 0.440. The Morgan fingerprint density at radius 2 is 1.44 bits per heavy atom. The number of hydrogen-bond donors (Lipinski definition) is 2. The van der Waals surface area contributed by atoms with Crippen LogP contribution in [0.5, 0.6) is 0 Å². The number of amides is 3. The second-order valence-corrected chi connectivity index (χ2v) is 8.80. The van der Waals surface area contributed by atoms with Crippen molar-refractivity contribution in [3.05, 3.63) is 59.9 Å². The van der Waals surface area contributed by atoms with E-state index in [0.29, 0.717) is 37.8 Å². The van der Waals surface area contributed by atoms with Crippen molar-refractivity contribution in [3.8, 4) is 0 Å². The van der Waals surface area contributed by atoms with Crippen LogP contribution in [0, 0.1) is 18.7 Å². The molecule has 2 aliphatic rings. The number of carbonyl (C=O) groups excluding carboxylic acids is 2. The lowest BCUT2D eigenvalue weighted by atomic mass is 9.95. The molecule has 0 unspecified atom stereocenters. The highest BCUT2D eigenvalue weighted by atomic mass is 19.1. The van der Waals surface area contributed by atoms with Crippen LogP contribution in [-0.2, 0) is 4.79 Å². The first-order valence-electron chi connectivity index (χ1n) is 11.4. The molecule has 0 radical (unpaired) electrons. The van der Waals surface area contributed by atoms with E-state index in [1.165, 1.54) is 25.0 Å². The Hall–Kier alpha value is -2.93. The summed E-state index contributed by atoms with van der Waals surface area (Å²) in [5.74, 6) is 0.0588. The summed E-state index contributed by atoms with van der Waals surface area (Å²) >= 11 is 0. The minimum absolute atomic E-state index is 0.0463. The van der Waals surface area contributed by atoms with Gasteiger partial charge in [-0.15, -0.1) is 0 Å². The molecule has 2 aromatic rings. The maximum Gasteiger partial charge on any atom is 0.321 e. The highest BCUT2D eigenvalue weighted by molar-refractivity contribution is 5.95. The molecule has 170 valence electrons. The smallest absolute Gasteiger partial charge is 0.321 e. The molecule has 1 saturated carbocycles. The molecule has 1 aliphatic carbocycles. The number of hydrogen-bond acceptors (Lipinski definition) is 3. The molecule has 1 heterocycles. The molecule has 32 heavy (non-hydrogen) atoms. The Morgan fingerprint density at radius 3 is 2.06 bits per heavy atom. The fourth-order valence-corrected chi connectivity index (χ4v) is 4.74. The van der Waals surface area contributed by atoms with Crippen LogP contribution in [0.1, 0.15) is 31.2 Å². The summed E-state index contributed by atoms with van der Waals surface area (Å²) in [6, 6.07) is 13.3. The van der Waals surface area contributed by atoms with Crippen LogP contribution in [0.25, 0.3) is 0 Å². The maximum absolute atomic E-state index is 13.3. The molecule has 2 aromatic carbocycles. The number of benzene rings is 2. The second-order valence-electron chi connectivity index (χ2n) is 8.80. The minimum Gasteiger partial charge on any atom is -0.325 e. The topological polar surface area (TPSA) is 64.7 Å². The zero-order valence-electron chi connectivity index (χ0n) is 18.5. The van der Waals surface area contributed by atoms with E-state index in [9.17, 15) is 14.0 Å². The first-order chi connectivity index (χ1) is 15.5. The summed E-state index contributed by atoms with van der Waals surface area (Å²) in [5, 5.41) is 5.93. The summed E-state index contributed by atoms with van der Waals surface area (Å²) in [4.78, 5) is 29.9. The molecule has 1 aliphatic heterocycles. The summed E-state index contributed by atoms with van der Waals surface area (Å²) < 4.78 is 13.1. The fourth-order valence-electron chi connectivity index (χ4n) is 4.74. The van der Waals surface area contributed by atoms with Crippen molar-refractivity contribution in [1.82, 2.24) is 9.80 Å². The Kier molecular flexibility index (Phi) is 7.05. The SMILES string of the molecule is Cc1ccc(NC(=O)[C@H](C2CCCC2)N2CCN(C(=O)Nc3ccc(F)cc3)CC2)cc1. The number of nitrogens with one attached hydrogen (secondary N) is 2. The Labute approximate surface area is 188 Å². The van der Waals surface area contributed by atoms with Crippen molar-refractivity contribution in [2.45, 2.75) is 38.6 Å². The van der Waals surface area contributed by atoms with Crippen LogP contribution in [0.4, 0.5) is 20.6 Å². The maximum atomic E-state index is 13.3. The third kappa shape index (κ3) is 5.46. The summed E-state index contributed by atoms with van der Waals surface area (Å²) in [6.07, 6.45) is 4.46. The standard InChI is InChI=1S/C25H31FN4O2/c1-18-6-10-21(11-7-18)27-24(31)23(19-4-2-3-5-19)29-14-16-30(17-15-29)25(32)28-22-12-8-20(26)9-13-22/h6-13,19,23H,2-5,14-17H2,1H3,(H,27,31)(H,28,32)/t23-/m0/s1. The number of piperazine rings is 1. The molecule has 2 N–H and O–H groups in total. The van der Waals surface area contributed by atoms with E-state index in [4.69, 9.17) is 0 Å². The summed E-state index contributed by atoms with van der Waals surface area (Å²) in [6.45, 7) is 4.43. The normalized spacial score (nSPS) is 18.4. The highest BCUT2D eigenvalue weighted by Gasteiger charge is 2.37. The zero-order valence-corrected chi connectivity index (χ0v) is 18.5. The number of urea groups is 1. The first-order valence-corrected chi connectivity index (χ1v) is 11.4. The van der Waals surface area contributed by atoms with Gasteiger partial charge in [-0.1, -0.05) is 30.5 Å². The van der Waals surface area contributed by atoms with Crippen molar-refractivity contribution in [2.24, 2.45) is 5.92 Å². The summed E-state index contributed by atoms with van der Waals surface area (Å²) in [5.41, 5.74) is 2.55. The van der Waals surface area contributed by atoms with Crippen LogP contribution in [0.2, 0.25) is 0 Å². The number of carbonyl (C=O) groups is 2. The van der Waals surface area contributed by atoms with E-state index in [-0.39, 0.29) is 23.8 Å². The van der Waals surface area contributed by atoms with Gasteiger partial charge in [-0.05, 0) is 62.1 Å². The van der Waals surface area contributed by atoms with Gasteiger partial charge < -0.3 is 15.5 Å². The largest absolute Gasteiger partial charge is 0.325 e. The lowest BCUT2D eigenvalue weighted by Gasteiger charge is -2.40. The van der Waals surface area contributed by atoms with Crippen LogP contribution in [-0.4, -0.2) is 54.0 Å². The molecule has 0 bridgehead atoms. The van der Waals surface area contributed by atoms with E-state index in [2.05, 4.69) is 15.5 Å². The van der Waals surface area contributed by atoms with Crippen molar-refractivity contribution in [3.63, 3.8) is 0 Å². The number of nitrogens with zero attached hydrogens (tertiary/aromatic N) is 2. The molecule has 3 amide bonds. The molecular formula is C25H31FN4O2.